The van der Waals surface area contributed by atoms with E-state index in [1.807, 2.05) is 24.3 Å². The summed E-state index contributed by atoms with van der Waals surface area (Å²) in [6.45, 7) is 16.3. The van der Waals surface area contributed by atoms with Crippen LogP contribution in [0.3, 0.4) is 0 Å². The second kappa shape index (κ2) is 14.3. The first-order valence-electron chi connectivity index (χ1n) is 14.3. The van der Waals surface area contributed by atoms with Crippen LogP contribution in [-0.4, -0.2) is 32.6 Å². The number of aromatic carboxylic acids is 1. The van der Waals surface area contributed by atoms with Gasteiger partial charge in [0.25, 0.3) is 8.32 Å². The van der Waals surface area contributed by atoms with E-state index in [1.54, 1.807) is 18.2 Å². The van der Waals surface area contributed by atoms with Crippen molar-refractivity contribution in [2.24, 2.45) is 0 Å². The average molecular weight is 644 g/mol. The summed E-state index contributed by atoms with van der Waals surface area (Å²) >= 11 is 3.70. The summed E-state index contributed by atoms with van der Waals surface area (Å²) in [6.07, 6.45) is 3.18. The number of ether oxygens (including phenoxy) is 3. The van der Waals surface area contributed by atoms with Crippen LogP contribution in [0.25, 0.3) is 0 Å². The Labute approximate surface area is 254 Å². The van der Waals surface area contributed by atoms with Gasteiger partial charge in [-0.05, 0) is 82.8 Å². The van der Waals surface area contributed by atoms with Crippen LogP contribution in [0.5, 0.6) is 28.7 Å². The molecule has 0 amide bonds. The van der Waals surface area contributed by atoms with Gasteiger partial charge in [0.05, 0.1) is 17.7 Å². The highest BCUT2D eigenvalue weighted by atomic mass is 79.9. The Morgan fingerprint density at radius 1 is 0.878 bits per heavy atom. The summed E-state index contributed by atoms with van der Waals surface area (Å²) in [4.78, 5) is 11.6. The molecule has 0 aliphatic heterocycles. The van der Waals surface area contributed by atoms with Gasteiger partial charge in [0.1, 0.15) is 34.3 Å². The Bertz CT molecular complexity index is 1330. The maximum Gasteiger partial charge on any atom is 0.339 e. The molecule has 41 heavy (non-hydrogen) atoms. The van der Waals surface area contributed by atoms with Crippen molar-refractivity contribution in [3.63, 3.8) is 0 Å². The summed E-state index contributed by atoms with van der Waals surface area (Å²) in [5.41, 5.74) is 2.16. The molecule has 0 heterocycles. The van der Waals surface area contributed by atoms with Crippen LogP contribution in [0, 0.1) is 0 Å². The molecule has 0 spiro atoms. The van der Waals surface area contributed by atoms with E-state index in [4.69, 9.17) is 18.6 Å². The van der Waals surface area contributed by atoms with Crippen LogP contribution in [0.2, 0.25) is 18.1 Å². The monoisotopic (exact) mass is 642 g/mol. The first-order valence-corrected chi connectivity index (χ1v) is 18.0. The lowest BCUT2D eigenvalue weighted by Gasteiger charge is -2.37. The normalized spacial score (nSPS) is 11.7. The molecule has 3 aromatic carbocycles. The van der Waals surface area contributed by atoms with E-state index in [1.165, 1.54) is 6.07 Å². The minimum atomic E-state index is -2.00. The molecule has 0 saturated carbocycles. The molecular weight excluding hydrogens is 600 g/mol. The molecule has 0 atom stereocenters. The molecule has 0 fully saturated rings. The maximum atomic E-state index is 11.6. The highest BCUT2D eigenvalue weighted by Gasteiger charge is 2.39. The van der Waals surface area contributed by atoms with Gasteiger partial charge in [-0.15, -0.1) is 0 Å². The molecule has 0 radical (unpaired) electrons. The highest BCUT2D eigenvalue weighted by molar-refractivity contribution is 9.10. The zero-order valence-electron chi connectivity index (χ0n) is 25.3. The summed E-state index contributed by atoms with van der Waals surface area (Å²) in [5.74, 6) is 2.28. The fraction of sp³-hybridized carbons (Fsp3) is 0.424. The van der Waals surface area contributed by atoms with E-state index >= 15 is 0 Å². The number of carboxylic acid groups (broad SMARTS) is 1. The van der Waals surface area contributed by atoms with Crippen LogP contribution in [0.15, 0.2) is 59.1 Å². The van der Waals surface area contributed by atoms with Gasteiger partial charge >= 0.3 is 5.97 Å². The first kappa shape index (κ1) is 32.5. The smallest absolute Gasteiger partial charge is 0.339 e. The number of para-hydroxylation sites is 1. The second-order valence-electron chi connectivity index (χ2n) is 11.5. The van der Waals surface area contributed by atoms with E-state index in [9.17, 15) is 9.90 Å². The number of rotatable bonds is 14. The van der Waals surface area contributed by atoms with Gasteiger partial charge in [-0.25, -0.2) is 4.79 Å². The van der Waals surface area contributed by atoms with Crippen molar-refractivity contribution in [2.45, 2.75) is 78.4 Å². The predicted molar refractivity (Wildman–Crippen MR) is 171 cm³/mol. The second-order valence-corrected chi connectivity index (χ2v) is 17.1. The van der Waals surface area contributed by atoms with Gasteiger partial charge < -0.3 is 23.7 Å². The average Bonchev–Trinajstić information content (AvgIpc) is 2.91. The van der Waals surface area contributed by atoms with E-state index in [0.29, 0.717) is 31.1 Å². The standard InChI is InChI=1S/C33H43BrO6Si/c1-8-14-24-27(17-12-18-28(24)39-29-16-11-10-15-25(29)32(35)36)37-19-13-20-38-30-22-31(26(34)21-23(30)9-2)40-41(6,7)33(3,4)5/h10-12,15-18,21-22H,8-9,13-14,19-20H2,1-7H3,(H,35,36). The van der Waals surface area contributed by atoms with Crippen molar-refractivity contribution in [1.29, 1.82) is 0 Å². The lowest BCUT2D eigenvalue weighted by Crippen LogP contribution is -2.43. The van der Waals surface area contributed by atoms with Crippen LogP contribution >= 0.6 is 15.9 Å². The molecule has 222 valence electrons. The van der Waals surface area contributed by atoms with Crippen molar-refractivity contribution in [3.05, 3.63) is 75.8 Å². The van der Waals surface area contributed by atoms with Crippen LogP contribution in [0.1, 0.15) is 68.9 Å². The van der Waals surface area contributed by atoms with Crippen LogP contribution in [0.4, 0.5) is 0 Å². The molecule has 0 aliphatic rings. The van der Waals surface area contributed by atoms with Crippen molar-refractivity contribution >= 4 is 30.2 Å². The topological polar surface area (TPSA) is 74.2 Å². The third-order valence-corrected chi connectivity index (χ3v) is 12.4. The molecule has 8 heteroatoms. The minimum absolute atomic E-state index is 0.0901. The van der Waals surface area contributed by atoms with Crippen molar-refractivity contribution in [3.8, 4) is 28.7 Å². The molecule has 0 aliphatic carbocycles. The van der Waals surface area contributed by atoms with Gasteiger partial charge in [-0.3, -0.25) is 0 Å². The molecule has 0 bridgehead atoms. The van der Waals surface area contributed by atoms with E-state index in [2.05, 4.69) is 69.7 Å². The number of carboxylic acids is 1. The first-order chi connectivity index (χ1) is 19.4. The number of halogens is 1. The zero-order valence-corrected chi connectivity index (χ0v) is 27.9. The Balaban J connectivity index is 1.68. The van der Waals surface area contributed by atoms with Gasteiger partial charge in [-0.1, -0.05) is 59.2 Å². The Kier molecular flexibility index (Phi) is 11.3. The fourth-order valence-corrected chi connectivity index (χ4v) is 5.69. The Morgan fingerprint density at radius 2 is 1.51 bits per heavy atom. The summed E-state index contributed by atoms with van der Waals surface area (Å²) < 4.78 is 26.0. The van der Waals surface area contributed by atoms with Gasteiger partial charge in [0.15, 0.2) is 0 Å². The van der Waals surface area contributed by atoms with E-state index in [0.717, 1.165) is 52.1 Å². The minimum Gasteiger partial charge on any atom is -0.543 e. The number of aryl methyl sites for hydroxylation is 1. The maximum absolute atomic E-state index is 11.6. The van der Waals surface area contributed by atoms with Gasteiger partial charge in [0, 0.05) is 18.1 Å². The van der Waals surface area contributed by atoms with Crippen molar-refractivity contribution < 1.29 is 28.5 Å². The molecule has 3 rings (SSSR count). The lowest BCUT2D eigenvalue weighted by molar-refractivity contribution is 0.0694. The Morgan fingerprint density at radius 3 is 2.15 bits per heavy atom. The number of carbonyl (C=O) groups is 1. The molecule has 0 unspecified atom stereocenters. The summed E-state index contributed by atoms with van der Waals surface area (Å²) in [5, 5.41) is 9.63. The number of hydrogen-bond acceptors (Lipinski definition) is 5. The third-order valence-electron chi connectivity index (χ3n) is 7.40. The van der Waals surface area contributed by atoms with Crippen molar-refractivity contribution in [2.75, 3.05) is 13.2 Å². The number of hydrogen-bond donors (Lipinski definition) is 1. The summed E-state index contributed by atoms with van der Waals surface area (Å²) in [7, 11) is -2.00. The van der Waals surface area contributed by atoms with E-state index < -0.39 is 14.3 Å². The quantitative estimate of drug-likeness (QED) is 0.139. The van der Waals surface area contributed by atoms with Crippen LogP contribution < -0.4 is 18.6 Å². The Hall–Kier alpha value is -2.97. The van der Waals surface area contributed by atoms with Gasteiger partial charge in [-0.2, -0.15) is 0 Å². The lowest BCUT2D eigenvalue weighted by atomic mass is 10.1. The zero-order chi connectivity index (χ0) is 30.2. The number of benzene rings is 3. The molecule has 1 N–H and O–H groups in total. The molecule has 6 nitrogen and oxygen atoms in total. The van der Waals surface area contributed by atoms with Gasteiger partial charge in [0.2, 0.25) is 0 Å². The molecule has 0 saturated heterocycles. The molecule has 3 aromatic rings. The van der Waals surface area contributed by atoms with E-state index in [-0.39, 0.29) is 10.6 Å². The SMILES string of the molecule is CCCc1c(OCCCOc2cc(O[Si](C)(C)C(C)(C)C)c(Br)cc2CC)cccc1Oc1ccccc1C(=O)O. The fourth-order valence-electron chi connectivity index (χ4n) is 4.04. The largest absolute Gasteiger partial charge is 0.543 e. The predicted octanol–water partition coefficient (Wildman–Crippen LogP) is 9.69. The van der Waals surface area contributed by atoms with Crippen molar-refractivity contribution in [1.82, 2.24) is 0 Å². The molecular formula is C33H43BrO6Si. The molecule has 0 aromatic heterocycles. The highest BCUT2D eigenvalue weighted by Crippen LogP contribution is 2.41. The van der Waals surface area contributed by atoms with Crippen LogP contribution in [-0.2, 0) is 12.8 Å². The third kappa shape index (κ3) is 8.52. The summed E-state index contributed by atoms with van der Waals surface area (Å²) in [6, 6.07) is 16.4.